The number of methoxy groups -OCH3 is 1. The highest BCUT2D eigenvalue weighted by atomic mass is 32.1. The Bertz CT molecular complexity index is 828. The number of amides is 1. The van der Waals surface area contributed by atoms with Crippen molar-refractivity contribution in [3.05, 3.63) is 59.2 Å². The standard InChI is InChI=1S/C17H15N3O2S/c1-11-3-5-12(6-4-11)15-10-23-17(19-15)20-16(21)14-9-13(22-2)7-8-18-14/h3-10H,1-2H3,(H,19,20,21). The van der Waals surface area contributed by atoms with Crippen molar-refractivity contribution in [3.63, 3.8) is 0 Å². The van der Waals surface area contributed by atoms with E-state index in [1.54, 1.807) is 19.2 Å². The van der Waals surface area contributed by atoms with E-state index in [1.807, 2.05) is 36.6 Å². The van der Waals surface area contributed by atoms with Gasteiger partial charge in [0.15, 0.2) is 5.13 Å². The van der Waals surface area contributed by atoms with Crippen LogP contribution in [0, 0.1) is 6.92 Å². The summed E-state index contributed by atoms with van der Waals surface area (Å²) in [5, 5.41) is 5.21. The van der Waals surface area contributed by atoms with E-state index in [-0.39, 0.29) is 11.6 Å². The van der Waals surface area contributed by atoms with Crippen LogP contribution >= 0.6 is 11.3 Å². The average Bonchev–Trinajstić information content (AvgIpc) is 3.04. The zero-order valence-corrected chi connectivity index (χ0v) is 13.6. The highest BCUT2D eigenvalue weighted by molar-refractivity contribution is 7.14. The summed E-state index contributed by atoms with van der Waals surface area (Å²) in [5.41, 5.74) is 3.34. The monoisotopic (exact) mass is 325 g/mol. The van der Waals surface area contributed by atoms with Gasteiger partial charge < -0.3 is 4.74 Å². The molecular weight excluding hydrogens is 310 g/mol. The van der Waals surface area contributed by atoms with Crippen molar-refractivity contribution < 1.29 is 9.53 Å². The number of nitrogens with one attached hydrogen (secondary N) is 1. The van der Waals surface area contributed by atoms with Gasteiger partial charge in [0.25, 0.3) is 5.91 Å². The first-order valence-corrected chi connectivity index (χ1v) is 7.87. The third-order valence-corrected chi connectivity index (χ3v) is 4.03. The molecule has 0 unspecified atom stereocenters. The Kier molecular flexibility index (Phi) is 4.34. The van der Waals surface area contributed by atoms with Crippen molar-refractivity contribution in [1.29, 1.82) is 0 Å². The van der Waals surface area contributed by atoms with Crippen LogP contribution in [-0.2, 0) is 0 Å². The lowest BCUT2D eigenvalue weighted by molar-refractivity contribution is 0.102. The number of carbonyl (C=O) groups is 1. The van der Waals surface area contributed by atoms with E-state index in [0.717, 1.165) is 11.3 Å². The number of aromatic nitrogens is 2. The lowest BCUT2D eigenvalue weighted by Crippen LogP contribution is -2.13. The van der Waals surface area contributed by atoms with Gasteiger partial charge in [0.2, 0.25) is 0 Å². The third-order valence-electron chi connectivity index (χ3n) is 3.27. The number of benzene rings is 1. The van der Waals surface area contributed by atoms with E-state index in [9.17, 15) is 4.79 Å². The van der Waals surface area contributed by atoms with Gasteiger partial charge in [-0.05, 0) is 13.0 Å². The van der Waals surface area contributed by atoms with Crippen LogP contribution in [-0.4, -0.2) is 23.0 Å². The maximum Gasteiger partial charge on any atom is 0.276 e. The van der Waals surface area contributed by atoms with Crippen molar-refractivity contribution in [3.8, 4) is 17.0 Å². The van der Waals surface area contributed by atoms with Crippen molar-refractivity contribution in [2.45, 2.75) is 6.92 Å². The Labute approximate surface area is 138 Å². The molecule has 2 aromatic heterocycles. The summed E-state index contributed by atoms with van der Waals surface area (Å²) in [7, 11) is 1.55. The highest BCUT2D eigenvalue weighted by Gasteiger charge is 2.12. The van der Waals surface area contributed by atoms with E-state index >= 15 is 0 Å². The number of aryl methyl sites for hydroxylation is 1. The van der Waals surface area contributed by atoms with Gasteiger partial charge in [0.05, 0.1) is 12.8 Å². The predicted octanol–water partition coefficient (Wildman–Crippen LogP) is 3.77. The number of ether oxygens (including phenoxy) is 1. The summed E-state index contributed by atoms with van der Waals surface area (Å²) in [6, 6.07) is 11.4. The summed E-state index contributed by atoms with van der Waals surface area (Å²) in [6.45, 7) is 2.04. The van der Waals surface area contributed by atoms with Gasteiger partial charge in [-0.15, -0.1) is 11.3 Å². The molecule has 0 saturated carbocycles. The molecule has 23 heavy (non-hydrogen) atoms. The van der Waals surface area contributed by atoms with Crippen molar-refractivity contribution in [1.82, 2.24) is 9.97 Å². The number of hydrogen-bond acceptors (Lipinski definition) is 5. The van der Waals surface area contributed by atoms with Crippen LogP contribution in [0.3, 0.4) is 0 Å². The Morgan fingerprint density at radius 3 is 2.74 bits per heavy atom. The second kappa shape index (κ2) is 6.58. The molecule has 3 rings (SSSR count). The molecular formula is C17H15N3O2S. The van der Waals surface area contributed by atoms with Crippen LogP contribution in [0.15, 0.2) is 48.0 Å². The molecule has 2 heterocycles. The molecule has 116 valence electrons. The second-order valence-electron chi connectivity index (χ2n) is 4.94. The number of nitrogens with zero attached hydrogens (tertiary/aromatic N) is 2. The summed E-state index contributed by atoms with van der Waals surface area (Å²) >= 11 is 1.38. The van der Waals surface area contributed by atoms with Crippen molar-refractivity contribution >= 4 is 22.4 Å². The van der Waals surface area contributed by atoms with Crippen LogP contribution in [0.25, 0.3) is 11.3 Å². The Morgan fingerprint density at radius 2 is 2.00 bits per heavy atom. The number of pyridine rings is 1. The fourth-order valence-electron chi connectivity index (χ4n) is 2.01. The molecule has 0 saturated heterocycles. The van der Waals surface area contributed by atoms with Crippen molar-refractivity contribution in [2.75, 3.05) is 12.4 Å². The maximum atomic E-state index is 12.2. The van der Waals surface area contributed by atoms with Gasteiger partial charge in [-0.3, -0.25) is 15.1 Å². The number of rotatable bonds is 4. The molecule has 0 atom stereocenters. The summed E-state index contributed by atoms with van der Waals surface area (Å²) < 4.78 is 5.09. The van der Waals surface area contributed by atoms with E-state index in [2.05, 4.69) is 15.3 Å². The Morgan fingerprint density at radius 1 is 1.22 bits per heavy atom. The molecule has 0 bridgehead atoms. The van der Waals surface area contributed by atoms with Gasteiger partial charge >= 0.3 is 0 Å². The van der Waals surface area contributed by atoms with E-state index < -0.39 is 0 Å². The number of thiazole rings is 1. The Balaban J connectivity index is 1.75. The molecule has 0 spiro atoms. The largest absolute Gasteiger partial charge is 0.497 e. The summed E-state index contributed by atoms with van der Waals surface area (Å²) in [6.07, 6.45) is 1.54. The lowest BCUT2D eigenvalue weighted by Gasteiger charge is -2.03. The minimum atomic E-state index is -0.311. The second-order valence-corrected chi connectivity index (χ2v) is 5.80. The normalized spacial score (nSPS) is 10.3. The van der Waals surface area contributed by atoms with E-state index in [0.29, 0.717) is 10.9 Å². The fraction of sp³-hybridized carbons (Fsp3) is 0.118. The first-order chi connectivity index (χ1) is 11.2. The first kappa shape index (κ1) is 15.2. The van der Waals surface area contributed by atoms with Gasteiger partial charge in [-0.1, -0.05) is 29.8 Å². The van der Waals surface area contributed by atoms with Crippen molar-refractivity contribution in [2.24, 2.45) is 0 Å². The molecule has 0 radical (unpaired) electrons. The van der Waals surface area contributed by atoms with E-state index in [1.165, 1.54) is 23.1 Å². The molecule has 1 amide bonds. The van der Waals surface area contributed by atoms with Gasteiger partial charge in [0.1, 0.15) is 11.4 Å². The zero-order valence-electron chi connectivity index (χ0n) is 12.7. The van der Waals surface area contributed by atoms with Gasteiger partial charge in [-0.2, -0.15) is 0 Å². The molecule has 0 aliphatic heterocycles. The molecule has 0 aliphatic carbocycles. The SMILES string of the molecule is COc1ccnc(C(=O)Nc2nc(-c3ccc(C)cc3)cs2)c1. The third kappa shape index (κ3) is 3.54. The summed E-state index contributed by atoms with van der Waals surface area (Å²) in [4.78, 5) is 20.7. The van der Waals surface area contributed by atoms with Crippen LogP contribution in [0.1, 0.15) is 16.1 Å². The Hall–Kier alpha value is -2.73. The molecule has 0 fully saturated rings. The van der Waals surface area contributed by atoms with Crippen LogP contribution in [0.2, 0.25) is 0 Å². The number of anilines is 1. The fourth-order valence-corrected chi connectivity index (χ4v) is 2.73. The lowest BCUT2D eigenvalue weighted by atomic mass is 10.1. The van der Waals surface area contributed by atoms with Gasteiger partial charge in [0, 0.05) is 23.2 Å². The van der Waals surface area contributed by atoms with Crippen LogP contribution in [0.5, 0.6) is 5.75 Å². The smallest absolute Gasteiger partial charge is 0.276 e. The molecule has 5 nitrogen and oxygen atoms in total. The quantitative estimate of drug-likeness (QED) is 0.793. The predicted molar refractivity (Wildman–Crippen MR) is 91.0 cm³/mol. The maximum absolute atomic E-state index is 12.2. The topological polar surface area (TPSA) is 64.1 Å². The highest BCUT2D eigenvalue weighted by Crippen LogP contribution is 2.25. The molecule has 0 aliphatic rings. The van der Waals surface area contributed by atoms with Gasteiger partial charge in [-0.25, -0.2) is 4.98 Å². The molecule has 6 heteroatoms. The molecule has 3 aromatic rings. The minimum absolute atomic E-state index is 0.288. The first-order valence-electron chi connectivity index (χ1n) is 6.99. The zero-order chi connectivity index (χ0) is 16.2. The number of hydrogen-bond donors (Lipinski definition) is 1. The van der Waals surface area contributed by atoms with Crippen LogP contribution in [0.4, 0.5) is 5.13 Å². The van der Waals surface area contributed by atoms with Crippen LogP contribution < -0.4 is 10.1 Å². The minimum Gasteiger partial charge on any atom is -0.497 e. The average molecular weight is 325 g/mol. The molecule has 1 aromatic carbocycles. The number of carbonyl (C=O) groups excluding carboxylic acids is 1. The summed E-state index contributed by atoms with van der Waals surface area (Å²) in [5.74, 6) is 0.276. The van der Waals surface area contributed by atoms with E-state index in [4.69, 9.17) is 4.74 Å². The molecule has 1 N–H and O–H groups in total.